The molecule has 0 unspecified atom stereocenters. The molecule has 21 heavy (non-hydrogen) atoms. The van der Waals surface area contributed by atoms with Crippen molar-refractivity contribution < 1.29 is 4.92 Å². The molecule has 0 radical (unpaired) electrons. The second-order valence-electron chi connectivity index (χ2n) is 5.30. The van der Waals surface area contributed by atoms with E-state index in [1.807, 2.05) is 6.92 Å². The molecule has 2 aromatic rings. The van der Waals surface area contributed by atoms with E-state index in [-0.39, 0.29) is 5.82 Å². The van der Waals surface area contributed by atoms with Gasteiger partial charge in [0.25, 0.3) is 0 Å². The van der Waals surface area contributed by atoms with Crippen molar-refractivity contribution >= 4 is 11.6 Å². The molecule has 0 amide bonds. The number of anilines is 1. The zero-order valence-corrected chi connectivity index (χ0v) is 12.2. The van der Waals surface area contributed by atoms with E-state index >= 15 is 0 Å². The van der Waals surface area contributed by atoms with Crippen LogP contribution in [0.1, 0.15) is 30.1 Å². The van der Waals surface area contributed by atoms with Gasteiger partial charge in [-0.15, -0.1) is 0 Å². The second kappa shape index (κ2) is 5.19. The van der Waals surface area contributed by atoms with E-state index in [4.69, 9.17) is 0 Å². The molecule has 0 aromatic carbocycles. The molecule has 0 aliphatic carbocycles. The van der Waals surface area contributed by atoms with Crippen LogP contribution < -0.4 is 5.32 Å². The molecule has 112 valence electrons. The lowest BCUT2D eigenvalue weighted by atomic mass is 10.1. The highest BCUT2D eigenvalue weighted by atomic mass is 16.6. The molecule has 0 fully saturated rings. The minimum atomic E-state index is -0.476. The molecule has 0 atom stereocenters. The Hall–Kier alpha value is -2.38. The highest BCUT2D eigenvalue weighted by Crippen LogP contribution is 2.24. The maximum atomic E-state index is 11.0. The summed E-state index contributed by atoms with van der Waals surface area (Å²) < 4.78 is 3.87. The smallest absolute Gasteiger partial charge is 0.359 e. The Bertz CT molecular complexity index is 687. The standard InChI is InChI=1S/C13H18N6O2/c1-9-16-10(11-5-3-4-6-18(9)11)7-14-12-13(19(20)21)15-8-17(12)2/h8,14H,3-7H2,1-2H3. The van der Waals surface area contributed by atoms with Crippen molar-refractivity contribution in [2.24, 2.45) is 7.05 Å². The Balaban J connectivity index is 1.83. The summed E-state index contributed by atoms with van der Waals surface area (Å²) in [5.41, 5.74) is 2.22. The van der Waals surface area contributed by atoms with E-state index in [1.165, 1.54) is 24.9 Å². The number of nitrogens with one attached hydrogen (secondary N) is 1. The van der Waals surface area contributed by atoms with Crippen LogP contribution >= 0.6 is 0 Å². The fourth-order valence-corrected chi connectivity index (χ4v) is 2.87. The van der Waals surface area contributed by atoms with Crippen LogP contribution in [0.4, 0.5) is 11.6 Å². The van der Waals surface area contributed by atoms with E-state index in [0.717, 1.165) is 24.5 Å². The van der Waals surface area contributed by atoms with Crippen molar-refractivity contribution in [2.45, 2.75) is 39.3 Å². The quantitative estimate of drug-likeness (QED) is 0.684. The molecule has 3 rings (SSSR count). The molecule has 0 saturated heterocycles. The zero-order chi connectivity index (χ0) is 15.0. The fourth-order valence-electron chi connectivity index (χ4n) is 2.87. The number of fused-ring (bicyclic) bond motifs is 1. The second-order valence-corrected chi connectivity index (χ2v) is 5.30. The van der Waals surface area contributed by atoms with Gasteiger partial charge in [-0.3, -0.25) is 4.57 Å². The van der Waals surface area contributed by atoms with Crippen molar-refractivity contribution in [1.29, 1.82) is 0 Å². The summed E-state index contributed by atoms with van der Waals surface area (Å²) in [5.74, 6) is 1.28. The Kier molecular flexibility index (Phi) is 3.36. The first kappa shape index (κ1) is 13.6. The highest BCUT2D eigenvalue weighted by molar-refractivity contribution is 5.52. The van der Waals surface area contributed by atoms with E-state index in [9.17, 15) is 10.1 Å². The van der Waals surface area contributed by atoms with Gasteiger partial charge in [0, 0.05) is 19.3 Å². The normalized spacial score (nSPS) is 14.0. The number of nitro groups is 1. The number of aryl methyl sites for hydroxylation is 2. The van der Waals surface area contributed by atoms with E-state index in [0.29, 0.717) is 12.4 Å². The lowest BCUT2D eigenvalue weighted by Crippen LogP contribution is -2.13. The van der Waals surface area contributed by atoms with Crippen molar-refractivity contribution in [3.8, 4) is 0 Å². The van der Waals surface area contributed by atoms with Crippen LogP contribution in [0.3, 0.4) is 0 Å². The maximum absolute atomic E-state index is 11.0. The number of hydrogen-bond donors (Lipinski definition) is 1. The minimum absolute atomic E-state index is 0.151. The number of imidazole rings is 2. The molecule has 0 bridgehead atoms. The molecule has 1 N–H and O–H groups in total. The summed E-state index contributed by atoms with van der Waals surface area (Å²) >= 11 is 0. The molecule has 8 heteroatoms. The summed E-state index contributed by atoms with van der Waals surface area (Å²) in [6, 6.07) is 0. The highest BCUT2D eigenvalue weighted by Gasteiger charge is 2.22. The summed E-state index contributed by atoms with van der Waals surface area (Å²) in [6.45, 7) is 3.49. The first-order valence-electron chi connectivity index (χ1n) is 7.02. The predicted octanol–water partition coefficient (Wildman–Crippen LogP) is 1.78. The Morgan fingerprint density at radius 3 is 3.05 bits per heavy atom. The van der Waals surface area contributed by atoms with Crippen LogP contribution in [0.25, 0.3) is 0 Å². The molecular weight excluding hydrogens is 272 g/mol. The Morgan fingerprint density at radius 1 is 1.48 bits per heavy atom. The van der Waals surface area contributed by atoms with Crippen molar-refractivity contribution in [1.82, 2.24) is 19.1 Å². The number of nitrogens with zero attached hydrogens (tertiary/aromatic N) is 5. The van der Waals surface area contributed by atoms with Gasteiger partial charge in [0.05, 0.1) is 12.2 Å². The number of hydrogen-bond acceptors (Lipinski definition) is 5. The van der Waals surface area contributed by atoms with Gasteiger partial charge >= 0.3 is 5.82 Å². The van der Waals surface area contributed by atoms with E-state index in [1.54, 1.807) is 11.6 Å². The largest absolute Gasteiger partial charge is 0.406 e. The van der Waals surface area contributed by atoms with Crippen molar-refractivity contribution in [3.05, 3.63) is 33.7 Å². The van der Waals surface area contributed by atoms with Crippen molar-refractivity contribution in [2.75, 3.05) is 5.32 Å². The maximum Gasteiger partial charge on any atom is 0.406 e. The monoisotopic (exact) mass is 290 g/mol. The molecule has 8 nitrogen and oxygen atoms in total. The van der Waals surface area contributed by atoms with E-state index in [2.05, 4.69) is 19.9 Å². The van der Waals surface area contributed by atoms with Crippen LogP contribution in [-0.2, 0) is 26.6 Å². The Labute approximate surface area is 122 Å². The molecular formula is C13H18N6O2. The summed E-state index contributed by atoms with van der Waals surface area (Å²) in [4.78, 5) is 18.9. The third kappa shape index (κ3) is 2.37. The van der Waals surface area contributed by atoms with Gasteiger partial charge in [-0.25, -0.2) is 4.98 Å². The van der Waals surface area contributed by atoms with Crippen LogP contribution in [0.2, 0.25) is 0 Å². The topological polar surface area (TPSA) is 90.8 Å². The van der Waals surface area contributed by atoms with Crippen LogP contribution in [0, 0.1) is 17.0 Å². The molecule has 0 spiro atoms. The van der Waals surface area contributed by atoms with Gasteiger partial charge in [0.15, 0.2) is 0 Å². The third-order valence-corrected chi connectivity index (χ3v) is 3.91. The average molecular weight is 290 g/mol. The predicted molar refractivity (Wildman–Crippen MR) is 77.1 cm³/mol. The van der Waals surface area contributed by atoms with E-state index < -0.39 is 4.92 Å². The molecule has 2 aromatic heterocycles. The first-order valence-corrected chi connectivity index (χ1v) is 7.02. The molecule has 3 heterocycles. The summed E-state index contributed by atoms with van der Waals surface area (Å²) in [7, 11) is 1.73. The van der Waals surface area contributed by atoms with Crippen LogP contribution in [0.15, 0.2) is 6.33 Å². The van der Waals surface area contributed by atoms with Crippen LogP contribution in [0.5, 0.6) is 0 Å². The third-order valence-electron chi connectivity index (χ3n) is 3.91. The van der Waals surface area contributed by atoms with Gasteiger partial charge in [0.2, 0.25) is 12.1 Å². The summed E-state index contributed by atoms with van der Waals surface area (Å²) in [6.07, 6.45) is 4.81. The molecule has 1 aliphatic rings. The molecule has 0 saturated carbocycles. The van der Waals surface area contributed by atoms with Gasteiger partial charge in [0.1, 0.15) is 5.82 Å². The van der Waals surface area contributed by atoms with Gasteiger partial charge in [-0.05, 0) is 36.1 Å². The number of aromatic nitrogens is 4. The van der Waals surface area contributed by atoms with Crippen LogP contribution in [-0.4, -0.2) is 24.0 Å². The molecule has 1 aliphatic heterocycles. The minimum Gasteiger partial charge on any atom is -0.359 e. The SMILES string of the molecule is Cc1nc(CNc2c([N+](=O)[O-])ncn2C)c2n1CCCC2. The summed E-state index contributed by atoms with van der Waals surface area (Å²) in [5, 5.41) is 14.1. The van der Waals surface area contributed by atoms with Gasteiger partial charge in [-0.2, -0.15) is 0 Å². The first-order chi connectivity index (χ1) is 10.1. The fraction of sp³-hybridized carbons (Fsp3) is 0.538. The van der Waals surface area contributed by atoms with Crippen molar-refractivity contribution in [3.63, 3.8) is 0 Å². The average Bonchev–Trinajstić information content (AvgIpc) is 2.98. The lowest BCUT2D eigenvalue weighted by Gasteiger charge is -2.16. The number of rotatable bonds is 4. The lowest BCUT2D eigenvalue weighted by molar-refractivity contribution is -0.388. The van der Waals surface area contributed by atoms with Gasteiger partial charge in [-0.1, -0.05) is 0 Å². The van der Waals surface area contributed by atoms with Gasteiger partial charge < -0.3 is 20.0 Å². The Morgan fingerprint density at radius 2 is 2.29 bits per heavy atom. The zero-order valence-electron chi connectivity index (χ0n) is 12.2.